The lowest BCUT2D eigenvalue weighted by Crippen LogP contribution is -2.50. The average molecular weight is 689 g/mol. The molecule has 5 aromatic rings. The number of carbonyl (C=O) groups excluding carboxylic acids is 2. The van der Waals surface area contributed by atoms with E-state index in [1.165, 1.54) is 12.5 Å². The van der Waals surface area contributed by atoms with Gasteiger partial charge in [-0.15, -0.1) is 0 Å². The van der Waals surface area contributed by atoms with Gasteiger partial charge in [0.15, 0.2) is 11.5 Å². The number of para-hydroxylation sites is 1. The minimum absolute atomic E-state index is 0.00316. The van der Waals surface area contributed by atoms with Crippen LogP contribution in [0.2, 0.25) is 0 Å². The molecule has 14 heteroatoms. The van der Waals surface area contributed by atoms with Crippen LogP contribution in [0, 0.1) is 11.9 Å². The molecule has 12 nitrogen and oxygen atoms in total. The van der Waals surface area contributed by atoms with Gasteiger partial charge < -0.3 is 33.4 Å². The van der Waals surface area contributed by atoms with Crippen LogP contribution in [0.15, 0.2) is 42.9 Å². The van der Waals surface area contributed by atoms with Crippen LogP contribution in [-0.4, -0.2) is 83.6 Å². The molecule has 1 aromatic carbocycles. The molecule has 1 fully saturated rings. The van der Waals surface area contributed by atoms with Crippen LogP contribution < -0.4 is 10.1 Å². The molecule has 264 valence electrons. The number of carbonyl (C=O) groups is 2. The summed E-state index contributed by atoms with van der Waals surface area (Å²) in [6.07, 6.45) is 4.87. The number of pyridine rings is 1. The Labute approximate surface area is 288 Å². The lowest BCUT2D eigenvalue weighted by Gasteiger charge is -2.31. The van der Waals surface area contributed by atoms with Gasteiger partial charge in [-0.05, 0) is 64.7 Å². The van der Waals surface area contributed by atoms with Crippen molar-refractivity contribution in [2.24, 2.45) is 13.0 Å². The molecule has 0 spiro atoms. The molecule has 2 atom stereocenters. The molecule has 1 N–H and O–H groups in total. The Kier molecular flexibility index (Phi) is 8.73. The number of nitrogens with one attached hydrogen (secondary N) is 1. The molecule has 1 aliphatic carbocycles. The zero-order chi connectivity index (χ0) is 35.3. The van der Waals surface area contributed by atoms with Crippen LogP contribution in [0.25, 0.3) is 33.6 Å². The summed E-state index contributed by atoms with van der Waals surface area (Å²) >= 11 is 0. The summed E-state index contributed by atoms with van der Waals surface area (Å²) in [5.74, 6) is 1.18. The summed E-state index contributed by atoms with van der Waals surface area (Å²) in [5.41, 5.74) is 3.47. The van der Waals surface area contributed by atoms with E-state index in [0.29, 0.717) is 53.7 Å². The van der Waals surface area contributed by atoms with Crippen molar-refractivity contribution >= 4 is 34.1 Å². The van der Waals surface area contributed by atoms with Crippen LogP contribution in [-0.2, 0) is 24.8 Å². The van der Waals surface area contributed by atoms with Gasteiger partial charge in [0, 0.05) is 38.5 Å². The predicted molar refractivity (Wildman–Crippen MR) is 183 cm³/mol. The Morgan fingerprint density at radius 3 is 2.68 bits per heavy atom. The fraction of sp³-hybridized carbons (Fsp3) is 0.472. The smallest absolute Gasteiger partial charge is 0.408 e. The molecule has 0 radical (unpaired) electrons. The SMILES string of the molecule is C[C@H](COc1cccc2cc(-c3nc4cc5c(nc4n3C)CCN(C[C@@H](CF)NC(=O)OC(C)(C)C)C5=O)n(CC3CC3)c12)n1cnc(F)c1. The molecule has 0 bridgehead atoms. The first-order valence-corrected chi connectivity index (χ1v) is 17.0. The van der Waals surface area contributed by atoms with Crippen molar-refractivity contribution in [2.45, 2.75) is 71.2 Å². The molecule has 1 aliphatic heterocycles. The summed E-state index contributed by atoms with van der Waals surface area (Å²) in [6, 6.07) is 8.81. The van der Waals surface area contributed by atoms with Crippen molar-refractivity contribution in [3.05, 3.63) is 60.1 Å². The third-order valence-electron chi connectivity index (χ3n) is 9.22. The molecule has 50 heavy (non-hydrogen) atoms. The van der Waals surface area contributed by atoms with E-state index in [2.05, 4.69) is 27.0 Å². The molecule has 0 saturated heterocycles. The zero-order valence-electron chi connectivity index (χ0n) is 28.9. The summed E-state index contributed by atoms with van der Waals surface area (Å²) in [4.78, 5) is 41.1. The summed E-state index contributed by atoms with van der Waals surface area (Å²) in [5, 5.41) is 3.55. The highest BCUT2D eigenvalue weighted by Crippen LogP contribution is 2.39. The van der Waals surface area contributed by atoms with Gasteiger partial charge in [0.05, 0.1) is 47.1 Å². The molecule has 2 aliphatic rings. The van der Waals surface area contributed by atoms with Gasteiger partial charge >= 0.3 is 6.09 Å². The number of ether oxygens (including phenoxy) is 2. The van der Waals surface area contributed by atoms with Crippen LogP contribution in [0.3, 0.4) is 0 Å². The summed E-state index contributed by atoms with van der Waals surface area (Å²) < 4.78 is 45.1. The third kappa shape index (κ3) is 6.75. The maximum absolute atomic E-state index is 14.0. The second-order valence-corrected chi connectivity index (χ2v) is 14.4. The highest BCUT2D eigenvalue weighted by Gasteiger charge is 2.31. The average Bonchev–Trinajstić information content (AvgIpc) is 3.53. The van der Waals surface area contributed by atoms with Crippen molar-refractivity contribution in [2.75, 3.05) is 26.4 Å². The van der Waals surface area contributed by atoms with E-state index in [0.717, 1.165) is 41.7 Å². The Morgan fingerprint density at radius 1 is 1.18 bits per heavy atom. The molecule has 0 unspecified atom stereocenters. The topological polar surface area (TPSA) is 121 Å². The van der Waals surface area contributed by atoms with E-state index >= 15 is 0 Å². The van der Waals surface area contributed by atoms with E-state index < -0.39 is 30.4 Å². The van der Waals surface area contributed by atoms with Gasteiger partial charge in [-0.25, -0.2) is 24.1 Å². The van der Waals surface area contributed by atoms with E-state index in [9.17, 15) is 18.4 Å². The number of imidazole rings is 2. The van der Waals surface area contributed by atoms with Crippen molar-refractivity contribution in [3.8, 4) is 17.3 Å². The standard InChI is InChI=1S/C36H42F2N8O4/c1-21(45-18-30(38)39-20-45)19-49-29-8-6-7-23-13-28(46(31(23)29)16-22-9-10-22)33-42-27-14-25-26(41-32(27)43(33)5)11-12-44(34(25)47)17-24(15-37)40-35(48)50-36(2,3)4/h6-8,13-14,18,20-22,24H,9-12,15-17,19H2,1-5H3,(H,40,48)/t21-,24-/m1/s1. The minimum atomic E-state index is -0.909. The van der Waals surface area contributed by atoms with Crippen molar-refractivity contribution < 1.29 is 27.8 Å². The summed E-state index contributed by atoms with van der Waals surface area (Å²) in [7, 11) is 1.93. The van der Waals surface area contributed by atoms with Gasteiger partial charge in [-0.1, -0.05) is 12.1 Å². The van der Waals surface area contributed by atoms with E-state index in [4.69, 9.17) is 19.4 Å². The second kappa shape index (κ2) is 13.0. The zero-order valence-corrected chi connectivity index (χ0v) is 28.9. The number of halogens is 2. The maximum Gasteiger partial charge on any atom is 0.408 e. The van der Waals surface area contributed by atoms with Crippen LogP contribution in [0.1, 0.15) is 62.6 Å². The molecule has 4 aromatic heterocycles. The fourth-order valence-corrected chi connectivity index (χ4v) is 6.50. The molecular weight excluding hydrogens is 646 g/mol. The molecule has 5 heterocycles. The Bertz CT molecular complexity index is 2080. The number of hydrogen-bond donors (Lipinski definition) is 1. The van der Waals surface area contributed by atoms with Gasteiger partial charge in [-0.2, -0.15) is 4.39 Å². The third-order valence-corrected chi connectivity index (χ3v) is 9.22. The van der Waals surface area contributed by atoms with Crippen molar-refractivity contribution in [1.29, 1.82) is 0 Å². The number of amides is 2. The Hall–Kier alpha value is -5.01. The van der Waals surface area contributed by atoms with Gasteiger partial charge in [0.1, 0.15) is 30.1 Å². The predicted octanol–water partition coefficient (Wildman–Crippen LogP) is 5.84. The lowest BCUT2D eigenvalue weighted by molar-refractivity contribution is 0.0465. The number of aromatic nitrogens is 6. The first-order chi connectivity index (χ1) is 23.9. The molecule has 1 saturated carbocycles. The van der Waals surface area contributed by atoms with Crippen molar-refractivity contribution in [3.63, 3.8) is 0 Å². The van der Waals surface area contributed by atoms with Crippen LogP contribution in [0.4, 0.5) is 13.6 Å². The molecule has 2 amide bonds. The Morgan fingerprint density at radius 2 is 1.98 bits per heavy atom. The van der Waals surface area contributed by atoms with Gasteiger partial charge in [-0.3, -0.25) is 4.79 Å². The number of alkyl carbamates (subject to hydrolysis) is 1. The largest absolute Gasteiger partial charge is 0.489 e. The van der Waals surface area contributed by atoms with E-state index in [-0.39, 0.29) is 18.5 Å². The van der Waals surface area contributed by atoms with E-state index in [1.54, 1.807) is 36.3 Å². The Balaban J connectivity index is 1.18. The van der Waals surface area contributed by atoms with Crippen LogP contribution >= 0.6 is 0 Å². The lowest BCUT2D eigenvalue weighted by atomic mass is 10.0. The van der Waals surface area contributed by atoms with Crippen LogP contribution in [0.5, 0.6) is 5.75 Å². The number of rotatable bonds is 11. The van der Waals surface area contributed by atoms with Crippen molar-refractivity contribution in [1.82, 2.24) is 38.9 Å². The number of hydrogen-bond acceptors (Lipinski definition) is 7. The first kappa shape index (κ1) is 33.5. The monoisotopic (exact) mass is 688 g/mol. The quantitative estimate of drug-likeness (QED) is 0.185. The molecule has 7 rings (SSSR count). The number of fused-ring (bicyclic) bond motifs is 3. The molecular formula is C36H42F2N8O4. The number of benzene rings is 1. The van der Waals surface area contributed by atoms with Gasteiger partial charge in [0.25, 0.3) is 5.91 Å². The number of nitrogens with zero attached hydrogens (tertiary/aromatic N) is 7. The van der Waals surface area contributed by atoms with E-state index in [1.807, 2.05) is 30.7 Å². The number of alkyl halides is 1. The normalized spacial score (nSPS) is 16.1. The fourth-order valence-electron chi connectivity index (χ4n) is 6.50. The summed E-state index contributed by atoms with van der Waals surface area (Å²) in [6.45, 7) is 7.77. The van der Waals surface area contributed by atoms with Gasteiger partial charge in [0.2, 0.25) is 5.95 Å². The number of aryl methyl sites for hydroxylation is 1. The highest BCUT2D eigenvalue weighted by atomic mass is 19.1. The minimum Gasteiger partial charge on any atom is -0.489 e. The first-order valence-electron chi connectivity index (χ1n) is 17.0. The maximum atomic E-state index is 14.0. The second-order valence-electron chi connectivity index (χ2n) is 14.4. The highest BCUT2D eigenvalue weighted by molar-refractivity contribution is 5.99.